The summed E-state index contributed by atoms with van der Waals surface area (Å²) in [4.78, 5) is 15.3. The van der Waals surface area contributed by atoms with Crippen LogP contribution in [-0.4, -0.2) is 11.1 Å². The van der Waals surface area contributed by atoms with E-state index >= 15 is 0 Å². The number of rotatable bonds is 2. The van der Waals surface area contributed by atoms with E-state index in [4.69, 9.17) is 16.3 Å². The zero-order valence-corrected chi connectivity index (χ0v) is 9.52. The highest BCUT2D eigenvalue weighted by molar-refractivity contribution is 6.30. The van der Waals surface area contributed by atoms with E-state index in [0.29, 0.717) is 16.5 Å². The van der Waals surface area contributed by atoms with Crippen molar-refractivity contribution in [3.8, 4) is 5.75 Å². The molecule has 1 aromatic heterocycles. The number of benzene rings is 1. The molecule has 0 atom stereocenters. The summed E-state index contributed by atoms with van der Waals surface area (Å²) < 4.78 is 5.04. The molecule has 1 aromatic carbocycles. The average Bonchev–Trinajstić information content (AvgIpc) is 2.30. The number of nitrogens with one attached hydrogen (secondary N) is 1. The summed E-state index contributed by atoms with van der Waals surface area (Å²) in [5.74, 6) is 0.472. The molecule has 0 aliphatic carbocycles. The van der Waals surface area contributed by atoms with Crippen LogP contribution in [0.4, 0.5) is 10.5 Å². The molecule has 5 heteroatoms. The van der Waals surface area contributed by atoms with E-state index in [0.717, 1.165) is 0 Å². The number of carbonyl (C=O) groups excluding carboxylic acids is 1. The largest absolute Gasteiger partial charge is 0.417 e. The summed E-state index contributed by atoms with van der Waals surface area (Å²) in [5, 5.41) is 2.97. The van der Waals surface area contributed by atoms with Crippen molar-refractivity contribution >= 4 is 23.4 Å². The molecule has 0 aliphatic rings. The lowest BCUT2D eigenvalue weighted by molar-refractivity contribution is 0.215. The van der Waals surface area contributed by atoms with Crippen molar-refractivity contribution in [2.75, 3.05) is 5.32 Å². The molecule has 2 aromatic rings. The lowest BCUT2D eigenvalue weighted by atomic mass is 10.3. The highest BCUT2D eigenvalue weighted by Gasteiger charge is 2.04. The monoisotopic (exact) mass is 248 g/mol. The fourth-order valence-corrected chi connectivity index (χ4v) is 1.39. The molecule has 1 amide bonds. The van der Waals surface area contributed by atoms with Gasteiger partial charge in [0.2, 0.25) is 0 Å². The smallest absolute Gasteiger partial charge is 0.410 e. The molecule has 2 rings (SSSR count). The molecule has 86 valence electrons. The van der Waals surface area contributed by atoms with E-state index in [9.17, 15) is 4.79 Å². The topological polar surface area (TPSA) is 51.2 Å². The summed E-state index contributed by atoms with van der Waals surface area (Å²) >= 11 is 5.73. The first-order valence-electron chi connectivity index (χ1n) is 4.88. The van der Waals surface area contributed by atoms with Gasteiger partial charge in [0.05, 0.1) is 16.9 Å². The van der Waals surface area contributed by atoms with Crippen LogP contribution in [0.2, 0.25) is 5.02 Å². The Morgan fingerprint density at radius 1 is 1.24 bits per heavy atom. The van der Waals surface area contributed by atoms with Gasteiger partial charge in [0.1, 0.15) is 5.75 Å². The van der Waals surface area contributed by atoms with Gasteiger partial charge in [-0.2, -0.15) is 0 Å². The number of halogens is 1. The van der Waals surface area contributed by atoms with E-state index in [1.165, 1.54) is 12.4 Å². The predicted octanol–water partition coefficient (Wildman–Crippen LogP) is 3.35. The molecule has 0 aliphatic heterocycles. The number of anilines is 1. The molecule has 0 spiro atoms. The number of ether oxygens (including phenoxy) is 1. The molecule has 1 N–H and O–H groups in total. The second-order valence-electron chi connectivity index (χ2n) is 3.22. The van der Waals surface area contributed by atoms with Gasteiger partial charge in [0.25, 0.3) is 0 Å². The molecule has 0 saturated heterocycles. The van der Waals surface area contributed by atoms with Gasteiger partial charge >= 0.3 is 6.09 Å². The number of aromatic nitrogens is 1. The number of nitrogens with zero attached hydrogens (tertiary/aromatic N) is 1. The van der Waals surface area contributed by atoms with Crippen LogP contribution in [0, 0.1) is 0 Å². The number of para-hydroxylation sites is 1. The predicted molar refractivity (Wildman–Crippen MR) is 65.3 cm³/mol. The Morgan fingerprint density at radius 3 is 2.71 bits per heavy atom. The molecule has 0 radical (unpaired) electrons. The van der Waals surface area contributed by atoms with Crippen molar-refractivity contribution in [2.24, 2.45) is 0 Å². The maximum absolute atomic E-state index is 11.5. The van der Waals surface area contributed by atoms with E-state index in [-0.39, 0.29) is 0 Å². The van der Waals surface area contributed by atoms with Gasteiger partial charge < -0.3 is 4.74 Å². The van der Waals surface area contributed by atoms with Crippen LogP contribution in [0.1, 0.15) is 0 Å². The SMILES string of the molecule is O=C(Nc1cncc(Cl)c1)Oc1ccccc1. The Morgan fingerprint density at radius 2 is 2.00 bits per heavy atom. The molecule has 1 heterocycles. The Hall–Kier alpha value is -2.07. The zero-order chi connectivity index (χ0) is 12.1. The maximum Gasteiger partial charge on any atom is 0.417 e. The van der Waals surface area contributed by atoms with Crippen molar-refractivity contribution < 1.29 is 9.53 Å². The van der Waals surface area contributed by atoms with Gasteiger partial charge in [-0.1, -0.05) is 29.8 Å². The number of carbonyl (C=O) groups is 1. The molecule has 17 heavy (non-hydrogen) atoms. The zero-order valence-electron chi connectivity index (χ0n) is 8.76. The Balaban J connectivity index is 1.98. The summed E-state index contributed by atoms with van der Waals surface area (Å²) in [6, 6.07) is 10.4. The second kappa shape index (κ2) is 5.32. The molecular weight excluding hydrogens is 240 g/mol. The Labute approximate surface area is 103 Å². The van der Waals surface area contributed by atoms with E-state index in [2.05, 4.69) is 10.3 Å². The van der Waals surface area contributed by atoms with Gasteiger partial charge in [-0.05, 0) is 18.2 Å². The quantitative estimate of drug-likeness (QED) is 0.887. The first-order valence-corrected chi connectivity index (χ1v) is 5.26. The van der Waals surface area contributed by atoms with Crippen molar-refractivity contribution in [1.82, 2.24) is 4.98 Å². The van der Waals surface area contributed by atoms with Crippen molar-refractivity contribution in [2.45, 2.75) is 0 Å². The van der Waals surface area contributed by atoms with Crippen molar-refractivity contribution in [3.63, 3.8) is 0 Å². The summed E-state index contributed by atoms with van der Waals surface area (Å²) in [6.07, 6.45) is 2.38. The maximum atomic E-state index is 11.5. The second-order valence-corrected chi connectivity index (χ2v) is 3.66. The van der Waals surface area contributed by atoms with Gasteiger partial charge in [-0.15, -0.1) is 0 Å². The van der Waals surface area contributed by atoms with Crippen LogP contribution in [0.25, 0.3) is 0 Å². The minimum absolute atomic E-state index is 0.447. The molecule has 0 unspecified atom stereocenters. The lowest BCUT2D eigenvalue weighted by Crippen LogP contribution is -2.16. The van der Waals surface area contributed by atoms with E-state index in [1.54, 1.807) is 30.3 Å². The van der Waals surface area contributed by atoms with Crippen LogP contribution in [-0.2, 0) is 0 Å². The van der Waals surface area contributed by atoms with Crippen LogP contribution < -0.4 is 10.1 Å². The molecule has 4 nitrogen and oxygen atoms in total. The van der Waals surface area contributed by atoms with Gasteiger partial charge in [0, 0.05) is 6.20 Å². The van der Waals surface area contributed by atoms with Crippen LogP contribution in [0.3, 0.4) is 0 Å². The van der Waals surface area contributed by atoms with Crippen LogP contribution in [0.15, 0.2) is 48.8 Å². The fraction of sp³-hybridized carbons (Fsp3) is 0. The number of pyridine rings is 1. The standard InChI is InChI=1S/C12H9ClN2O2/c13-9-6-10(8-14-7-9)15-12(16)17-11-4-2-1-3-5-11/h1-8H,(H,15,16). The third-order valence-corrected chi connectivity index (χ3v) is 2.11. The first kappa shape index (κ1) is 11.4. The minimum Gasteiger partial charge on any atom is -0.410 e. The third-order valence-electron chi connectivity index (χ3n) is 1.91. The lowest BCUT2D eigenvalue weighted by Gasteiger charge is -2.05. The molecule has 0 fully saturated rings. The van der Waals surface area contributed by atoms with Crippen LogP contribution in [0.5, 0.6) is 5.75 Å². The van der Waals surface area contributed by atoms with E-state index in [1.807, 2.05) is 6.07 Å². The number of hydrogen-bond donors (Lipinski definition) is 1. The van der Waals surface area contributed by atoms with E-state index < -0.39 is 6.09 Å². The molecule has 0 saturated carbocycles. The highest BCUT2D eigenvalue weighted by atomic mass is 35.5. The molecular formula is C12H9ClN2O2. The summed E-state index contributed by atoms with van der Waals surface area (Å²) in [6.45, 7) is 0. The Kier molecular flexibility index (Phi) is 3.57. The fourth-order valence-electron chi connectivity index (χ4n) is 1.22. The molecule has 0 bridgehead atoms. The Bertz CT molecular complexity index is 517. The summed E-state index contributed by atoms with van der Waals surface area (Å²) in [7, 11) is 0. The van der Waals surface area contributed by atoms with Crippen molar-refractivity contribution in [1.29, 1.82) is 0 Å². The van der Waals surface area contributed by atoms with Gasteiger partial charge in [-0.3, -0.25) is 10.3 Å². The van der Waals surface area contributed by atoms with Crippen molar-refractivity contribution in [3.05, 3.63) is 53.8 Å². The van der Waals surface area contributed by atoms with Gasteiger partial charge in [0.15, 0.2) is 0 Å². The first-order chi connectivity index (χ1) is 8.24. The number of hydrogen-bond acceptors (Lipinski definition) is 3. The minimum atomic E-state index is -0.583. The highest BCUT2D eigenvalue weighted by Crippen LogP contribution is 2.14. The third kappa shape index (κ3) is 3.46. The van der Waals surface area contributed by atoms with Crippen LogP contribution >= 0.6 is 11.6 Å². The van der Waals surface area contributed by atoms with Gasteiger partial charge in [-0.25, -0.2) is 4.79 Å². The average molecular weight is 249 g/mol. The summed E-state index contributed by atoms with van der Waals surface area (Å²) in [5.41, 5.74) is 0.485. The normalized spacial score (nSPS) is 9.71. The number of amides is 1.